The molecule has 2 aromatic carbocycles. The summed E-state index contributed by atoms with van der Waals surface area (Å²) in [6, 6.07) is 19.3. The van der Waals surface area contributed by atoms with Crippen molar-refractivity contribution in [3.05, 3.63) is 66.2 Å². The van der Waals surface area contributed by atoms with Gasteiger partial charge in [0, 0.05) is 24.7 Å². The van der Waals surface area contributed by atoms with Gasteiger partial charge in [-0.15, -0.1) is 12.4 Å². The van der Waals surface area contributed by atoms with Crippen molar-refractivity contribution in [1.82, 2.24) is 4.90 Å². The van der Waals surface area contributed by atoms with Crippen LogP contribution < -0.4 is 10.5 Å². The third-order valence-electron chi connectivity index (χ3n) is 4.84. The third kappa shape index (κ3) is 4.99. The normalized spacial score (nSPS) is 19.2. The van der Waals surface area contributed by atoms with Crippen molar-refractivity contribution in [3.63, 3.8) is 0 Å². The Labute approximate surface area is 161 Å². The summed E-state index contributed by atoms with van der Waals surface area (Å²) < 4.78 is 6.09. The number of para-hydroxylation sites is 1. The van der Waals surface area contributed by atoms with Gasteiger partial charge < -0.3 is 15.4 Å². The molecule has 3 atom stereocenters. The molecular formula is C21H27ClN2O2. The minimum atomic E-state index is -0.629. The number of ether oxygens (including phenoxy) is 1. The van der Waals surface area contributed by atoms with E-state index < -0.39 is 6.10 Å². The number of halogens is 1. The SMILES string of the molecule is CC(N)C1CCCN(C(=O)C(Oc2ccccc2)c2ccccc2)C1.Cl. The number of piperidine rings is 1. The number of hydrogen-bond donors (Lipinski definition) is 1. The molecule has 0 radical (unpaired) electrons. The molecule has 0 aliphatic carbocycles. The molecule has 26 heavy (non-hydrogen) atoms. The fourth-order valence-corrected chi connectivity index (χ4v) is 3.33. The zero-order valence-corrected chi connectivity index (χ0v) is 15.9. The molecule has 2 N–H and O–H groups in total. The van der Waals surface area contributed by atoms with E-state index in [4.69, 9.17) is 10.5 Å². The van der Waals surface area contributed by atoms with Crippen LogP contribution in [0.4, 0.5) is 0 Å². The highest BCUT2D eigenvalue weighted by atomic mass is 35.5. The second kappa shape index (κ2) is 9.60. The van der Waals surface area contributed by atoms with Gasteiger partial charge in [-0.25, -0.2) is 0 Å². The van der Waals surface area contributed by atoms with Gasteiger partial charge in [0.05, 0.1) is 0 Å². The van der Waals surface area contributed by atoms with Gasteiger partial charge in [0.25, 0.3) is 5.91 Å². The van der Waals surface area contributed by atoms with Gasteiger partial charge in [-0.2, -0.15) is 0 Å². The standard InChI is InChI=1S/C21H26N2O2.ClH/c1-16(22)18-11-8-14-23(15-18)21(24)20(17-9-4-2-5-10-17)25-19-12-6-3-7-13-19;/h2-7,9-10,12-13,16,18,20H,8,11,14-15,22H2,1H3;1H. The summed E-state index contributed by atoms with van der Waals surface area (Å²) in [5, 5.41) is 0. The average Bonchev–Trinajstić information content (AvgIpc) is 2.67. The summed E-state index contributed by atoms with van der Waals surface area (Å²) in [7, 11) is 0. The molecule has 0 aromatic heterocycles. The lowest BCUT2D eigenvalue weighted by molar-refractivity contribution is -0.141. The van der Waals surface area contributed by atoms with Gasteiger partial charge in [-0.3, -0.25) is 4.79 Å². The van der Waals surface area contributed by atoms with E-state index in [2.05, 4.69) is 0 Å². The van der Waals surface area contributed by atoms with E-state index in [1.165, 1.54) is 0 Å². The van der Waals surface area contributed by atoms with E-state index in [1.807, 2.05) is 72.5 Å². The van der Waals surface area contributed by atoms with Crippen molar-refractivity contribution < 1.29 is 9.53 Å². The third-order valence-corrected chi connectivity index (χ3v) is 4.84. The largest absolute Gasteiger partial charge is 0.476 e. The predicted molar refractivity (Wildman–Crippen MR) is 106 cm³/mol. The van der Waals surface area contributed by atoms with Crippen molar-refractivity contribution in [3.8, 4) is 5.75 Å². The zero-order chi connectivity index (χ0) is 17.6. The van der Waals surface area contributed by atoms with E-state index in [-0.39, 0.29) is 24.4 Å². The maximum Gasteiger partial charge on any atom is 0.268 e. The number of hydrogen-bond acceptors (Lipinski definition) is 3. The molecule has 140 valence electrons. The van der Waals surface area contributed by atoms with E-state index in [0.29, 0.717) is 18.2 Å². The fraction of sp³-hybridized carbons (Fsp3) is 0.381. The molecule has 1 heterocycles. The van der Waals surface area contributed by atoms with Crippen LogP contribution in [0.25, 0.3) is 0 Å². The smallest absolute Gasteiger partial charge is 0.268 e. The maximum atomic E-state index is 13.2. The van der Waals surface area contributed by atoms with Crippen molar-refractivity contribution in [2.75, 3.05) is 13.1 Å². The Balaban J connectivity index is 0.00000243. The van der Waals surface area contributed by atoms with Crippen LogP contribution >= 0.6 is 12.4 Å². The molecule has 1 fully saturated rings. The molecule has 4 nitrogen and oxygen atoms in total. The molecule has 2 aromatic rings. The topological polar surface area (TPSA) is 55.6 Å². The van der Waals surface area contributed by atoms with Crippen LogP contribution in [0.15, 0.2) is 60.7 Å². The first-order chi connectivity index (χ1) is 12.1. The summed E-state index contributed by atoms with van der Waals surface area (Å²) >= 11 is 0. The second-order valence-corrected chi connectivity index (χ2v) is 6.77. The van der Waals surface area contributed by atoms with Gasteiger partial charge in [0.15, 0.2) is 0 Å². The lowest BCUT2D eigenvalue weighted by Crippen LogP contribution is -2.47. The molecule has 1 saturated heterocycles. The van der Waals surface area contributed by atoms with Crippen LogP contribution in [0.3, 0.4) is 0 Å². The molecular weight excluding hydrogens is 348 g/mol. The van der Waals surface area contributed by atoms with Crippen LogP contribution in [-0.4, -0.2) is 29.9 Å². The highest BCUT2D eigenvalue weighted by molar-refractivity contribution is 5.85. The quantitative estimate of drug-likeness (QED) is 0.865. The number of rotatable bonds is 5. The van der Waals surface area contributed by atoms with Crippen molar-refractivity contribution in [1.29, 1.82) is 0 Å². The highest BCUT2D eigenvalue weighted by Crippen LogP contribution is 2.27. The van der Waals surface area contributed by atoms with Gasteiger partial charge in [-0.05, 0) is 37.8 Å². The van der Waals surface area contributed by atoms with E-state index in [9.17, 15) is 4.79 Å². The lowest BCUT2D eigenvalue weighted by Gasteiger charge is -2.36. The molecule has 3 unspecified atom stereocenters. The molecule has 0 spiro atoms. The molecule has 1 aliphatic heterocycles. The Hall–Kier alpha value is -2.04. The van der Waals surface area contributed by atoms with Gasteiger partial charge in [0.1, 0.15) is 5.75 Å². The Bertz CT molecular complexity index is 679. The Morgan fingerprint density at radius 3 is 2.35 bits per heavy atom. The Morgan fingerprint density at radius 1 is 1.12 bits per heavy atom. The van der Waals surface area contributed by atoms with Crippen LogP contribution in [0.5, 0.6) is 5.75 Å². The molecule has 5 heteroatoms. The van der Waals surface area contributed by atoms with Crippen LogP contribution in [0.1, 0.15) is 31.4 Å². The average molecular weight is 375 g/mol. The summed E-state index contributed by atoms with van der Waals surface area (Å²) in [6.07, 6.45) is 1.44. The number of nitrogens with zero attached hydrogens (tertiary/aromatic N) is 1. The molecule has 3 rings (SSSR count). The summed E-state index contributed by atoms with van der Waals surface area (Å²) in [6.45, 7) is 3.50. The monoisotopic (exact) mass is 374 g/mol. The number of nitrogens with two attached hydrogens (primary N) is 1. The summed E-state index contributed by atoms with van der Waals surface area (Å²) in [5.74, 6) is 1.07. The van der Waals surface area contributed by atoms with Crippen LogP contribution in [-0.2, 0) is 4.79 Å². The lowest BCUT2D eigenvalue weighted by atomic mass is 9.91. The van der Waals surface area contributed by atoms with Crippen LogP contribution in [0, 0.1) is 5.92 Å². The number of benzene rings is 2. The second-order valence-electron chi connectivity index (χ2n) is 6.77. The zero-order valence-electron chi connectivity index (χ0n) is 15.1. The number of carbonyl (C=O) groups is 1. The minimum absolute atomic E-state index is 0. The van der Waals surface area contributed by atoms with Crippen molar-refractivity contribution in [2.24, 2.45) is 11.7 Å². The number of carbonyl (C=O) groups excluding carboxylic acids is 1. The maximum absolute atomic E-state index is 13.2. The Kier molecular flexibility index (Phi) is 7.49. The number of amides is 1. The Morgan fingerprint density at radius 2 is 1.73 bits per heavy atom. The first-order valence-electron chi connectivity index (χ1n) is 8.96. The predicted octanol–water partition coefficient (Wildman–Crippen LogP) is 3.81. The first-order valence-corrected chi connectivity index (χ1v) is 8.96. The van der Waals surface area contributed by atoms with Gasteiger partial charge >= 0.3 is 0 Å². The fourth-order valence-electron chi connectivity index (χ4n) is 3.33. The molecule has 0 saturated carbocycles. The van der Waals surface area contributed by atoms with Crippen LogP contribution in [0.2, 0.25) is 0 Å². The van der Waals surface area contributed by atoms with E-state index in [0.717, 1.165) is 24.9 Å². The summed E-state index contributed by atoms with van der Waals surface area (Å²) in [5.41, 5.74) is 6.95. The van der Waals surface area contributed by atoms with Gasteiger partial charge in [0.2, 0.25) is 6.10 Å². The van der Waals surface area contributed by atoms with Crippen molar-refractivity contribution >= 4 is 18.3 Å². The minimum Gasteiger partial charge on any atom is -0.476 e. The molecule has 1 aliphatic rings. The molecule has 1 amide bonds. The summed E-state index contributed by atoms with van der Waals surface area (Å²) in [4.78, 5) is 15.1. The number of likely N-dealkylation sites (tertiary alicyclic amines) is 1. The van der Waals surface area contributed by atoms with Gasteiger partial charge in [-0.1, -0.05) is 48.5 Å². The molecule has 0 bridgehead atoms. The van der Waals surface area contributed by atoms with E-state index in [1.54, 1.807) is 0 Å². The first kappa shape index (κ1) is 20.3. The highest BCUT2D eigenvalue weighted by Gasteiger charge is 2.32. The van der Waals surface area contributed by atoms with Crippen molar-refractivity contribution in [2.45, 2.75) is 31.9 Å². The van der Waals surface area contributed by atoms with E-state index >= 15 is 0 Å².